The third-order valence-corrected chi connectivity index (χ3v) is 3.81. The van der Waals surface area contributed by atoms with E-state index >= 15 is 0 Å². The summed E-state index contributed by atoms with van der Waals surface area (Å²) in [5.74, 6) is 1.23. The average Bonchev–Trinajstić information content (AvgIpc) is 2.60. The third-order valence-electron chi connectivity index (χ3n) is 3.81. The summed E-state index contributed by atoms with van der Waals surface area (Å²) in [5, 5.41) is 4.23. The number of amides is 1. The normalized spacial score (nSPS) is 14.7. The number of hydrazone groups is 1. The molecule has 3 rings (SSSR count). The number of ether oxygens (including phenoxy) is 2. The zero-order valence-electron chi connectivity index (χ0n) is 13.8. The minimum atomic E-state index is -0.285. The van der Waals surface area contributed by atoms with Crippen LogP contribution in [0.25, 0.3) is 0 Å². The zero-order valence-corrected chi connectivity index (χ0v) is 13.8. The van der Waals surface area contributed by atoms with E-state index < -0.39 is 0 Å². The summed E-state index contributed by atoms with van der Waals surface area (Å²) in [6, 6.07) is 13.6. The van der Waals surface area contributed by atoms with Gasteiger partial charge in [0.2, 0.25) is 0 Å². The second-order valence-corrected chi connectivity index (χ2v) is 5.75. The van der Waals surface area contributed by atoms with Crippen molar-refractivity contribution in [1.82, 2.24) is 5.43 Å². The van der Waals surface area contributed by atoms with Crippen LogP contribution >= 0.6 is 0 Å². The summed E-state index contributed by atoms with van der Waals surface area (Å²) < 4.78 is 11.2. The second-order valence-electron chi connectivity index (χ2n) is 5.75. The second kappa shape index (κ2) is 7.17. The highest BCUT2D eigenvalue weighted by atomic mass is 16.5. The number of benzene rings is 2. The van der Waals surface area contributed by atoms with Crippen LogP contribution in [0.4, 0.5) is 0 Å². The molecule has 2 aromatic carbocycles. The van der Waals surface area contributed by atoms with Gasteiger partial charge in [0.05, 0.1) is 12.3 Å². The molecule has 1 amide bonds. The summed E-state index contributed by atoms with van der Waals surface area (Å²) in [6.07, 6.45) is 0.662. The molecular formula is C19H20N2O3. The highest BCUT2D eigenvalue weighted by Gasteiger charge is 2.16. The van der Waals surface area contributed by atoms with Gasteiger partial charge >= 0.3 is 0 Å². The molecule has 0 bridgehead atoms. The van der Waals surface area contributed by atoms with Crippen LogP contribution in [0.15, 0.2) is 47.6 Å². The van der Waals surface area contributed by atoms with Crippen LogP contribution in [-0.2, 0) is 4.79 Å². The SMILES string of the molecule is Cc1ccc(C)c(OCC(=O)N/N=C2/CCOc3ccccc32)c1. The Bertz CT molecular complexity index is 784. The largest absolute Gasteiger partial charge is 0.492 e. The van der Waals surface area contributed by atoms with E-state index in [9.17, 15) is 4.79 Å². The monoisotopic (exact) mass is 324 g/mol. The number of aryl methyl sites for hydroxylation is 2. The van der Waals surface area contributed by atoms with Gasteiger partial charge in [-0.05, 0) is 43.2 Å². The average molecular weight is 324 g/mol. The van der Waals surface area contributed by atoms with Crippen LogP contribution in [-0.4, -0.2) is 24.8 Å². The quantitative estimate of drug-likeness (QED) is 0.880. The lowest BCUT2D eigenvalue weighted by atomic mass is 10.0. The van der Waals surface area contributed by atoms with E-state index in [0.29, 0.717) is 18.8 Å². The van der Waals surface area contributed by atoms with Crippen molar-refractivity contribution in [3.05, 3.63) is 59.2 Å². The molecule has 5 heteroatoms. The minimum absolute atomic E-state index is 0.0702. The van der Waals surface area contributed by atoms with Crippen molar-refractivity contribution in [2.75, 3.05) is 13.2 Å². The molecule has 0 unspecified atom stereocenters. The molecular weight excluding hydrogens is 304 g/mol. The fourth-order valence-electron chi connectivity index (χ4n) is 2.51. The highest BCUT2D eigenvalue weighted by molar-refractivity contribution is 6.04. The number of fused-ring (bicyclic) bond motifs is 1. The molecule has 1 aliphatic rings. The number of nitrogens with zero attached hydrogens (tertiary/aromatic N) is 1. The molecule has 2 aromatic rings. The Morgan fingerprint density at radius 2 is 2.08 bits per heavy atom. The molecule has 0 atom stereocenters. The predicted octanol–water partition coefficient (Wildman–Crippen LogP) is 2.99. The maximum absolute atomic E-state index is 12.0. The van der Waals surface area contributed by atoms with Gasteiger partial charge in [-0.15, -0.1) is 0 Å². The van der Waals surface area contributed by atoms with Crippen LogP contribution in [0, 0.1) is 13.8 Å². The molecule has 124 valence electrons. The van der Waals surface area contributed by atoms with Crippen molar-refractivity contribution in [1.29, 1.82) is 0 Å². The van der Waals surface area contributed by atoms with Crippen LogP contribution in [0.1, 0.15) is 23.1 Å². The molecule has 1 N–H and O–H groups in total. The van der Waals surface area contributed by atoms with Gasteiger partial charge in [0.25, 0.3) is 5.91 Å². The summed E-state index contributed by atoms with van der Waals surface area (Å²) in [4.78, 5) is 12.0. The zero-order chi connectivity index (χ0) is 16.9. The molecule has 0 saturated carbocycles. The van der Waals surface area contributed by atoms with E-state index in [1.54, 1.807) is 0 Å². The van der Waals surface area contributed by atoms with Crippen molar-refractivity contribution >= 4 is 11.6 Å². The number of hydrogen-bond acceptors (Lipinski definition) is 4. The molecule has 0 saturated heterocycles. The van der Waals surface area contributed by atoms with Crippen LogP contribution in [0.3, 0.4) is 0 Å². The van der Waals surface area contributed by atoms with Crippen molar-refractivity contribution in [3.63, 3.8) is 0 Å². The number of nitrogens with one attached hydrogen (secondary N) is 1. The lowest BCUT2D eigenvalue weighted by Gasteiger charge is -2.18. The van der Waals surface area contributed by atoms with Gasteiger partial charge in [0, 0.05) is 12.0 Å². The van der Waals surface area contributed by atoms with Crippen LogP contribution < -0.4 is 14.9 Å². The number of carbonyl (C=O) groups is 1. The Labute approximate surface area is 141 Å². The molecule has 1 heterocycles. The first-order valence-electron chi connectivity index (χ1n) is 7.91. The van der Waals surface area contributed by atoms with Gasteiger partial charge in [0.15, 0.2) is 6.61 Å². The Morgan fingerprint density at radius 3 is 2.96 bits per heavy atom. The van der Waals surface area contributed by atoms with E-state index in [1.807, 2.05) is 56.3 Å². The summed E-state index contributed by atoms with van der Waals surface area (Å²) in [5.41, 5.74) is 6.39. The minimum Gasteiger partial charge on any atom is -0.492 e. The van der Waals surface area contributed by atoms with E-state index in [4.69, 9.17) is 9.47 Å². The summed E-state index contributed by atoms with van der Waals surface area (Å²) in [6.45, 7) is 4.43. The van der Waals surface area contributed by atoms with Crippen molar-refractivity contribution in [2.45, 2.75) is 20.3 Å². The van der Waals surface area contributed by atoms with E-state index in [2.05, 4.69) is 10.5 Å². The van der Waals surface area contributed by atoms with Gasteiger partial charge in [-0.1, -0.05) is 24.3 Å². The lowest BCUT2D eigenvalue weighted by molar-refractivity contribution is -0.123. The highest BCUT2D eigenvalue weighted by Crippen LogP contribution is 2.24. The summed E-state index contributed by atoms with van der Waals surface area (Å²) in [7, 11) is 0. The van der Waals surface area contributed by atoms with Crippen molar-refractivity contribution in [2.24, 2.45) is 5.10 Å². The van der Waals surface area contributed by atoms with Gasteiger partial charge in [-0.25, -0.2) is 5.43 Å². The van der Waals surface area contributed by atoms with Gasteiger partial charge in [-0.3, -0.25) is 4.79 Å². The number of carbonyl (C=O) groups excluding carboxylic acids is 1. The first-order valence-corrected chi connectivity index (χ1v) is 7.91. The Kier molecular flexibility index (Phi) is 4.79. The third kappa shape index (κ3) is 3.74. The molecule has 0 radical (unpaired) electrons. The Morgan fingerprint density at radius 1 is 1.25 bits per heavy atom. The number of rotatable bonds is 4. The van der Waals surface area contributed by atoms with Crippen molar-refractivity contribution < 1.29 is 14.3 Å². The fraction of sp³-hybridized carbons (Fsp3) is 0.263. The molecule has 5 nitrogen and oxygen atoms in total. The predicted molar refractivity (Wildman–Crippen MR) is 92.6 cm³/mol. The van der Waals surface area contributed by atoms with E-state index in [1.165, 1.54) is 0 Å². The number of hydrogen-bond donors (Lipinski definition) is 1. The Balaban J connectivity index is 1.61. The summed E-state index contributed by atoms with van der Waals surface area (Å²) >= 11 is 0. The van der Waals surface area contributed by atoms with Gasteiger partial charge < -0.3 is 9.47 Å². The van der Waals surface area contributed by atoms with Crippen LogP contribution in [0.2, 0.25) is 0 Å². The standard InChI is InChI=1S/C19H20N2O3/c1-13-7-8-14(2)18(11-13)24-12-19(22)21-20-16-9-10-23-17-6-4-3-5-15(16)17/h3-8,11H,9-10,12H2,1-2H3,(H,21,22)/b20-16-. The molecule has 24 heavy (non-hydrogen) atoms. The molecule has 1 aliphatic heterocycles. The maximum atomic E-state index is 12.0. The smallest absolute Gasteiger partial charge is 0.277 e. The first kappa shape index (κ1) is 16.1. The molecule has 0 fully saturated rings. The van der Waals surface area contributed by atoms with Crippen molar-refractivity contribution in [3.8, 4) is 11.5 Å². The lowest BCUT2D eigenvalue weighted by Crippen LogP contribution is -2.27. The maximum Gasteiger partial charge on any atom is 0.277 e. The topological polar surface area (TPSA) is 59.9 Å². The van der Waals surface area contributed by atoms with Crippen LogP contribution in [0.5, 0.6) is 11.5 Å². The first-order chi connectivity index (χ1) is 11.6. The van der Waals surface area contributed by atoms with E-state index in [0.717, 1.165) is 28.2 Å². The molecule has 0 aliphatic carbocycles. The molecule has 0 spiro atoms. The fourth-order valence-corrected chi connectivity index (χ4v) is 2.51. The molecule has 0 aromatic heterocycles. The van der Waals surface area contributed by atoms with Gasteiger partial charge in [0.1, 0.15) is 11.5 Å². The van der Waals surface area contributed by atoms with E-state index in [-0.39, 0.29) is 12.5 Å². The number of para-hydroxylation sites is 1. The van der Waals surface area contributed by atoms with Gasteiger partial charge in [-0.2, -0.15) is 5.10 Å². The Hall–Kier alpha value is -2.82.